The lowest BCUT2D eigenvalue weighted by Crippen LogP contribution is -2.27. The molecule has 1 aliphatic rings. The zero-order valence-electron chi connectivity index (χ0n) is 11.9. The van der Waals surface area contributed by atoms with Crippen LogP contribution in [0.1, 0.15) is 31.1 Å². The Kier molecular flexibility index (Phi) is 3.60. The summed E-state index contributed by atoms with van der Waals surface area (Å²) in [6.45, 7) is 8.32. The van der Waals surface area contributed by atoms with Crippen molar-refractivity contribution < 1.29 is 9.59 Å². The van der Waals surface area contributed by atoms with Crippen LogP contribution in [0.2, 0.25) is 0 Å². The van der Waals surface area contributed by atoms with Crippen LogP contribution in [0.15, 0.2) is 18.2 Å². The van der Waals surface area contributed by atoms with E-state index in [0.717, 1.165) is 24.5 Å². The van der Waals surface area contributed by atoms with E-state index in [1.54, 1.807) is 13.1 Å². The van der Waals surface area contributed by atoms with Crippen molar-refractivity contribution in [3.63, 3.8) is 0 Å². The van der Waals surface area contributed by atoms with Crippen LogP contribution in [0.5, 0.6) is 0 Å². The minimum atomic E-state index is -0.445. The zero-order valence-corrected chi connectivity index (χ0v) is 11.9. The highest BCUT2D eigenvalue weighted by Crippen LogP contribution is 2.32. The Hall–Kier alpha value is -1.84. The van der Waals surface area contributed by atoms with Crippen LogP contribution in [0.3, 0.4) is 0 Å². The van der Waals surface area contributed by atoms with Crippen molar-refractivity contribution in [2.24, 2.45) is 5.92 Å². The Morgan fingerprint density at radius 3 is 2.53 bits per heavy atom. The van der Waals surface area contributed by atoms with Crippen LogP contribution in [0, 0.1) is 5.92 Å². The van der Waals surface area contributed by atoms with E-state index < -0.39 is 11.7 Å². The molecule has 0 radical (unpaired) electrons. The van der Waals surface area contributed by atoms with Crippen LogP contribution in [-0.4, -0.2) is 31.8 Å². The number of hydrogen-bond acceptors (Lipinski definition) is 3. The van der Waals surface area contributed by atoms with Gasteiger partial charge in [0.1, 0.15) is 0 Å². The molecule has 0 fully saturated rings. The summed E-state index contributed by atoms with van der Waals surface area (Å²) in [5.41, 5.74) is 2.29. The predicted octanol–water partition coefficient (Wildman–Crippen LogP) is 2.33. The zero-order chi connectivity index (χ0) is 14.2. The number of carbonyl (C=O) groups is 2. The average Bonchev–Trinajstić information content (AvgIpc) is 2.60. The smallest absolute Gasteiger partial charge is 0.299 e. The topological polar surface area (TPSA) is 40.6 Å². The Morgan fingerprint density at radius 2 is 1.95 bits per heavy atom. The third kappa shape index (κ3) is 2.35. The maximum atomic E-state index is 11.7. The maximum Gasteiger partial charge on any atom is 0.299 e. The predicted molar refractivity (Wildman–Crippen MR) is 76.9 cm³/mol. The first kappa shape index (κ1) is 13.6. The molecule has 1 aromatic carbocycles. The number of fused-ring (bicyclic) bond motifs is 1. The lowest BCUT2D eigenvalue weighted by atomic mass is 10.1. The van der Waals surface area contributed by atoms with Gasteiger partial charge < -0.3 is 9.80 Å². The second kappa shape index (κ2) is 5.03. The molecule has 0 unspecified atom stereocenters. The summed E-state index contributed by atoms with van der Waals surface area (Å²) >= 11 is 0. The summed E-state index contributed by atoms with van der Waals surface area (Å²) in [7, 11) is 1.65. The van der Waals surface area contributed by atoms with Gasteiger partial charge in [-0.15, -0.1) is 0 Å². The highest BCUT2D eigenvalue weighted by Gasteiger charge is 2.33. The van der Waals surface area contributed by atoms with Gasteiger partial charge in [0, 0.05) is 25.8 Å². The summed E-state index contributed by atoms with van der Waals surface area (Å²) in [4.78, 5) is 27.1. The van der Waals surface area contributed by atoms with Crippen molar-refractivity contribution in [3.8, 4) is 0 Å². The Balaban J connectivity index is 2.37. The van der Waals surface area contributed by atoms with Crippen LogP contribution in [0.4, 0.5) is 11.4 Å². The second-order valence-corrected chi connectivity index (χ2v) is 5.33. The van der Waals surface area contributed by atoms with Crippen LogP contribution in [-0.2, 0) is 4.79 Å². The Labute approximate surface area is 114 Å². The first-order valence-corrected chi connectivity index (χ1v) is 6.67. The molecule has 0 spiro atoms. The average molecular weight is 260 g/mol. The fraction of sp³-hybridized carbons (Fsp3) is 0.467. The molecule has 4 heteroatoms. The second-order valence-electron chi connectivity index (χ2n) is 5.33. The Bertz CT molecular complexity index is 523. The monoisotopic (exact) mass is 260 g/mol. The molecule has 0 saturated carbocycles. The highest BCUT2D eigenvalue weighted by atomic mass is 16.2. The lowest BCUT2D eigenvalue weighted by Gasteiger charge is -2.26. The van der Waals surface area contributed by atoms with E-state index in [4.69, 9.17) is 0 Å². The molecular formula is C15H20N2O2. The fourth-order valence-corrected chi connectivity index (χ4v) is 2.42. The molecule has 0 N–H and O–H groups in total. The molecule has 1 aliphatic heterocycles. The molecule has 1 heterocycles. The van der Waals surface area contributed by atoms with Gasteiger partial charge in [-0.2, -0.15) is 0 Å². The van der Waals surface area contributed by atoms with E-state index in [0.29, 0.717) is 11.5 Å². The summed E-state index contributed by atoms with van der Waals surface area (Å²) < 4.78 is 0. The molecule has 1 amide bonds. The van der Waals surface area contributed by atoms with Crippen molar-refractivity contribution in [2.45, 2.75) is 20.8 Å². The van der Waals surface area contributed by atoms with Crippen molar-refractivity contribution in [2.75, 3.05) is 29.9 Å². The van der Waals surface area contributed by atoms with Gasteiger partial charge in [-0.3, -0.25) is 9.59 Å². The number of benzene rings is 1. The first-order valence-electron chi connectivity index (χ1n) is 6.67. The van der Waals surface area contributed by atoms with Crippen molar-refractivity contribution >= 4 is 23.1 Å². The van der Waals surface area contributed by atoms with Crippen LogP contribution in [0.25, 0.3) is 0 Å². The lowest BCUT2D eigenvalue weighted by molar-refractivity contribution is -0.114. The number of nitrogens with zero attached hydrogens (tertiary/aromatic N) is 2. The van der Waals surface area contributed by atoms with Gasteiger partial charge in [-0.25, -0.2) is 0 Å². The largest absolute Gasteiger partial charge is 0.371 e. The number of likely N-dealkylation sites (N-methyl/N-ethyl adjacent to an activating group) is 1. The van der Waals surface area contributed by atoms with Crippen molar-refractivity contribution in [3.05, 3.63) is 23.8 Å². The number of hydrogen-bond donors (Lipinski definition) is 0. The summed E-state index contributed by atoms with van der Waals surface area (Å²) in [6.07, 6.45) is 0. The fourth-order valence-electron chi connectivity index (χ4n) is 2.42. The number of anilines is 2. The van der Waals surface area contributed by atoms with Gasteiger partial charge >= 0.3 is 0 Å². The molecule has 102 valence electrons. The third-order valence-corrected chi connectivity index (χ3v) is 3.42. The molecule has 2 rings (SSSR count). The molecule has 0 aliphatic carbocycles. The third-order valence-electron chi connectivity index (χ3n) is 3.42. The molecule has 0 saturated heterocycles. The minimum absolute atomic E-state index is 0.407. The molecule has 0 bridgehead atoms. The van der Waals surface area contributed by atoms with E-state index in [2.05, 4.69) is 25.7 Å². The van der Waals surface area contributed by atoms with Gasteiger partial charge in [0.15, 0.2) is 0 Å². The number of carbonyl (C=O) groups excluding carboxylic acids is 2. The van der Waals surface area contributed by atoms with E-state index in [9.17, 15) is 9.59 Å². The molecule has 19 heavy (non-hydrogen) atoms. The van der Waals surface area contributed by atoms with E-state index >= 15 is 0 Å². The van der Waals surface area contributed by atoms with Crippen molar-refractivity contribution in [1.82, 2.24) is 0 Å². The molecule has 1 aromatic rings. The number of ketones is 1. The normalized spacial score (nSPS) is 14.3. The molecular weight excluding hydrogens is 240 g/mol. The molecule has 4 nitrogen and oxygen atoms in total. The first-order chi connectivity index (χ1) is 8.95. The highest BCUT2D eigenvalue weighted by molar-refractivity contribution is 6.52. The van der Waals surface area contributed by atoms with E-state index in [1.807, 2.05) is 12.1 Å². The van der Waals surface area contributed by atoms with E-state index in [-0.39, 0.29) is 0 Å². The van der Waals surface area contributed by atoms with Crippen molar-refractivity contribution in [1.29, 1.82) is 0 Å². The van der Waals surface area contributed by atoms with Gasteiger partial charge in [0.2, 0.25) is 0 Å². The SMILES string of the molecule is CCN(CC(C)C)c1ccc2c(c1)N(C)C(=O)C2=O. The number of amides is 1. The van der Waals surface area contributed by atoms with Crippen LogP contribution < -0.4 is 9.80 Å². The standard InChI is InChI=1S/C15H20N2O2/c1-5-17(9-10(2)3)11-6-7-12-13(8-11)16(4)15(19)14(12)18/h6-8,10H,5,9H2,1-4H3. The van der Waals surface area contributed by atoms with Gasteiger partial charge in [0.25, 0.3) is 11.7 Å². The van der Waals surface area contributed by atoms with Gasteiger partial charge in [0.05, 0.1) is 11.3 Å². The summed E-state index contributed by atoms with van der Waals surface area (Å²) in [5.74, 6) is -0.288. The van der Waals surface area contributed by atoms with Gasteiger partial charge in [-0.05, 0) is 31.0 Å². The number of rotatable bonds is 4. The minimum Gasteiger partial charge on any atom is -0.371 e. The quantitative estimate of drug-likeness (QED) is 0.780. The molecule has 0 aromatic heterocycles. The summed E-state index contributed by atoms with van der Waals surface area (Å²) in [5, 5.41) is 0. The number of Topliss-reactive ketones (excluding diaryl/α,β-unsaturated/α-hetero) is 1. The summed E-state index contributed by atoms with van der Waals surface area (Å²) in [6, 6.07) is 5.62. The van der Waals surface area contributed by atoms with Crippen LogP contribution >= 0.6 is 0 Å². The van der Waals surface area contributed by atoms with Gasteiger partial charge in [-0.1, -0.05) is 13.8 Å². The Morgan fingerprint density at radius 1 is 1.26 bits per heavy atom. The maximum absolute atomic E-state index is 11.7. The molecule has 0 atom stereocenters. The van der Waals surface area contributed by atoms with E-state index in [1.165, 1.54) is 4.90 Å².